The molecule has 1 aromatic carbocycles. The van der Waals surface area contributed by atoms with E-state index in [9.17, 15) is 4.39 Å². The molecule has 1 aliphatic carbocycles. The maximum absolute atomic E-state index is 13.6. The zero-order valence-electron chi connectivity index (χ0n) is 10.3. The van der Waals surface area contributed by atoms with Crippen LogP contribution in [0, 0.1) is 5.82 Å². The second-order valence-electron chi connectivity index (χ2n) is 5.17. The van der Waals surface area contributed by atoms with E-state index in [0.29, 0.717) is 5.52 Å². The van der Waals surface area contributed by atoms with Crippen LogP contribution in [0.25, 0.3) is 11.0 Å². The van der Waals surface area contributed by atoms with Gasteiger partial charge in [-0.1, -0.05) is 25.3 Å². The molecule has 96 valence electrons. The summed E-state index contributed by atoms with van der Waals surface area (Å²) in [6.45, 7) is 0. The molecule has 2 atom stereocenters. The Morgan fingerprint density at radius 1 is 1.22 bits per heavy atom. The van der Waals surface area contributed by atoms with Crippen molar-refractivity contribution in [3.63, 3.8) is 0 Å². The second kappa shape index (κ2) is 4.69. The number of fused-ring (bicyclic) bond motifs is 1. The summed E-state index contributed by atoms with van der Waals surface area (Å²) in [5.74, 6) is 0.820. The van der Waals surface area contributed by atoms with Crippen molar-refractivity contribution in [2.45, 2.75) is 44.1 Å². The smallest absolute Gasteiger partial charge is 0.151 e. The van der Waals surface area contributed by atoms with Crippen molar-refractivity contribution in [3.8, 4) is 0 Å². The van der Waals surface area contributed by atoms with Crippen molar-refractivity contribution in [1.29, 1.82) is 0 Å². The number of nitrogens with one attached hydrogen (secondary N) is 1. The number of rotatable bonds is 1. The summed E-state index contributed by atoms with van der Waals surface area (Å²) in [6, 6.07) is 5.14. The molecule has 1 aromatic heterocycles. The number of nitrogens with two attached hydrogens (primary N) is 1. The molecule has 0 radical (unpaired) electrons. The zero-order chi connectivity index (χ0) is 12.5. The highest BCUT2D eigenvalue weighted by Gasteiger charge is 2.25. The zero-order valence-corrected chi connectivity index (χ0v) is 10.3. The lowest BCUT2D eigenvalue weighted by Gasteiger charge is -2.18. The molecule has 2 unspecified atom stereocenters. The number of imidazole rings is 1. The van der Waals surface area contributed by atoms with Crippen LogP contribution in [0.4, 0.5) is 4.39 Å². The lowest BCUT2D eigenvalue weighted by molar-refractivity contribution is 0.487. The molecule has 3 N–H and O–H groups in total. The molecule has 3 nitrogen and oxygen atoms in total. The largest absolute Gasteiger partial charge is 0.342 e. The van der Waals surface area contributed by atoms with Crippen LogP contribution in [-0.2, 0) is 0 Å². The van der Waals surface area contributed by atoms with E-state index in [-0.39, 0.29) is 17.8 Å². The first kappa shape index (κ1) is 11.7. The highest BCUT2D eigenvalue weighted by Crippen LogP contribution is 2.30. The third-order valence-corrected chi connectivity index (χ3v) is 3.90. The van der Waals surface area contributed by atoms with Gasteiger partial charge in [-0.25, -0.2) is 9.37 Å². The molecule has 0 aliphatic heterocycles. The third kappa shape index (κ3) is 2.01. The van der Waals surface area contributed by atoms with Gasteiger partial charge < -0.3 is 10.7 Å². The average molecular weight is 247 g/mol. The van der Waals surface area contributed by atoms with Gasteiger partial charge in [0.1, 0.15) is 11.3 Å². The van der Waals surface area contributed by atoms with Gasteiger partial charge in [0, 0.05) is 12.0 Å². The maximum atomic E-state index is 13.6. The van der Waals surface area contributed by atoms with E-state index in [1.54, 1.807) is 6.07 Å². The number of benzene rings is 1. The van der Waals surface area contributed by atoms with Crippen LogP contribution in [0.2, 0.25) is 0 Å². The molecular weight excluding hydrogens is 229 g/mol. The fourth-order valence-electron chi connectivity index (χ4n) is 2.87. The van der Waals surface area contributed by atoms with Gasteiger partial charge in [-0.2, -0.15) is 0 Å². The SMILES string of the molecule is NC1CCCCCC1c1nc2c(F)cccc2[nH]1. The van der Waals surface area contributed by atoms with Crippen molar-refractivity contribution >= 4 is 11.0 Å². The number of nitrogens with zero attached hydrogens (tertiary/aromatic N) is 1. The highest BCUT2D eigenvalue weighted by atomic mass is 19.1. The Kier molecular flexibility index (Phi) is 3.04. The number of para-hydroxylation sites is 1. The quantitative estimate of drug-likeness (QED) is 0.761. The molecule has 0 spiro atoms. The Hall–Kier alpha value is -1.42. The molecule has 0 bridgehead atoms. The molecule has 1 aliphatic rings. The number of aromatic amines is 1. The number of halogens is 1. The molecule has 2 aromatic rings. The van der Waals surface area contributed by atoms with Crippen molar-refractivity contribution < 1.29 is 4.39 Å². The predicted octanol–water partition coefficient (Wildman–Crippen LogP) is 3.08. The first-order valence-corrected chi connectivity index (χ1v) is 6.65. The van der Waals surface area contributed by atoms with Gasteiger partial charge >= 0.3 is 0 Å². The van der Waals surface area contributed by atoms with Crippen LogP contribution in [0.3, 0.4) is 0 Å². The Morgan fingerprint density at radius 2 is 2.06 bits per heavy atom. The fraction of sp³-hybridized carbons (Fsp3) is 0.500. The third-order valence-electron chi connectivity index (χ3n) is 3.90. The van der Waals surface area contributed by atoms with Crippen molar-refractivity contribution in [3.05, 3.63) is 29.8 Å². The van der Waals surface area contributed by atoms with Crippen molar-refractivity contribution in [2.75, 3.05) is 0 Å². The Morgan fingerprint density at radius 3 is 2.89 bits per heavy atom. The van der Waals surface area contributed by atoms with E-state index in [0.717, 1.165) is 24.2 Å². The molecule has 18 heavy (non-hydrogen) atoms. The minimum absolute atomic E-state index is 0.135. The summed E-state index contributed by atoms with van der Waals surface area (Å²) in [4.78, 5) is 7.65. The second-order valence-corrected chi connectivity index (χ2v) is 5.17. The summed E-state index contributed by atoms with van der Waals surface area (Å²) >= 11 is 0. The first-order chi connectivity index (χ1) is 8.75. The van der Waals surface area contributed by atoms with E-state index in [1.165, 1.54) is 25.3 Å². The van der Waals surface area contributed by atoms with E-state index >= 15 is 0 Å². The van der Waals surface area contributed by atoms with E-state index in [2.05, 4.69) is 9.97 Å². The number of hydrogen-bond acceptors (Lipinski definition) is 2. The van der Waals surface area contributed by atoms with Crippen LogP contribution < -0.4 is 5.73 Å². The van der Waals surface area contributed by atoms with Crippen LogP contribution in [0.15, 0.2) is 18.2 Å². The lowest BCUT2D eigenvalue weighted by atomic mass is 9.95. The standard InChI is InChI=1S/C14H18FN3/c15-10-6-4-8-12-13(10)18-14(17-12)9-5-2-1-3-7-11(9)16/h4,6,8-9,11H,1-3,5,7,16H2,(H,17,18). The lowest BCUT2D eigenvalue weighted by Crippen LogP contribution is -2.28. The van der Waals surface area contributed by atoms with Crippen LogP contribution in [0.1, 0.15) is 43.8 Å². The summed E-state index contributed by atoms with van der Waals surface area (Å²) in [5.41, 5.74) is 7.42. The Balaban J connectivity index is 2.00. The fourth-order valence-corrected chi connectivity index (χ4v) is 2.87. The minimum atomic E-state index is -0.266. The van der Waals surface area contributed by atoms with Crippen molar-refractivity contribution in [2.24, 2.45) is 5.73 Å². The Bertz CT molecular complexity index is 549. The van der Waals surface area contributed by atoms with E-state index in [4.69, 9.17) is 5.73 Å². The van der Waals surface area contributed by atoms with Crippen molar-refractivity contribution in [1.82, 2.24) is 9.97 Å². The summed E-state index contributed by atoms with van der Waals surface area (Å²) in [5, 5.41) is 0. The molecule has 1 fully saturated rings. The first-order valence-electron chi connectivity index (χ1n) is 6.65. The molecule has 0 saturated heterocycles. The van der Waals surface area contributed by atoms with Gasteiger partial charge in [0.05, 0.1) is 5.52 Å². The van der Waals surface area contributed by atoms with Gasteiger partial charge in [-0.15, -0.1) is 0 Å². The molecule has 1 heterocycles. The van der Waals surface area contributed by atoms with Gasteiger partial charge in [-0.05, 0) is 25.0 Å². The molecule has 3 rings (SSSR count). The summed E-state index contributed by atoms with van der Waals surface area (Å²) in [7, 11) is 0. The number of H-pyrrole nitrogens is 1. The van der Waals surface area contributed by atoms with Crippen LogP contribution >= 0.6 is 0 Å². The molecule has 1 saturated carbocycles. The average Bonchev–Trinajstić information content (AvgIpc) is 2.67. The summed E-state index contributed by atoms with van der Waals surface area (Å²) in [6.07, 6.45) is 5.68. The molecular formula is C14H18FN3. The number of hydrogen-bond donors (Lipinski definition) is 2. The normalized spacial score (nSPS) is 25.2. The summed E-state index contributed by atoms with van der Waals surface area (Å²) < 4.78 is 13.6. The molecule has 4 heteroatoms. The maximum Gasteiger partial charge on any atom is 0.151 e. The topological polar surface area (TPSA) is 54.7 Å². The highest BCUT2D eigenvalue weighted by molar-refractivity contribution is 5.75. The van der Waals surface area contributed by atoms with Crippen LogP contribution in [0.5, 0.6) is 0 Å². The Labute approximate surface area is 106 Å². The van der Waals surface area contributed by atoms with Gasteiger partial charge in [0.15, 0.2) is 5.82 Å². The van der Waals surface area contributed by atoms with E-state index < -0.39 is 0 Å². The predicted molar refractivity (Wildman–Crippen MR) is 69.9 cm³/mol. The van der Waals surface area contributed by atoms with Gasteiger partial charge in [-0.3, -0.25) is 0 Å². The molecule has 0 amide bonds. The van der Waals surface area contributed by atoms with Crippen LogP contribution in [-0.4, -0.2) is 16.0 Å². The minimum Gasteiger partial charge on any atom is -0.342 e. The van der Waals surface area contributed by atoms with Gasteiger partial charge in [0.25, 0.3) is 0 Å². The van der Waals surface area contributed by atoms with Gasteiger partial charge in [0.2, 0.25) is 0 Å². The number of aromatic nitrogens is 2. The van der Waals surface area contributed by atoms with E-state index in [1.807, 2.05) is 6.07 Å². The monoisotopic (exact) mass is 247 g/mol.